The minimum atomic E-state index is -0.248. The predicted molar refractivity (Wildman–Crippen MR) is 70.1 cm³/mol. The molecule has 0 atom stereocenters. The van der Waals surface area contributed by atoms with Crippen LogP contribution in [0, 0.1) is 13.8 Å². The van der Waals surface area contributed by atoms with Crippen molar-refractivity contribution >= 4 is 11.7 Å². The van der Waals surface area contributed by atoms with Gasteiger partial charge in [0, 0.05) is 5.69 Å². The molecule has 0 aliphatic rings. The minimum absolute atomic E-state index is 0.248. The van der Waals surface area contributed by atoms with Crippen molar-refractivity contribution < 1.29 is 9.53 Å². The van der Waals surface area contributed by atoms with Gasteiger partial charge < -0.3 is 10.5 Å². The fraction of sp³-hybridized carbons (Fsp3) is 0.500. The highest BCUT2D eigenvalue weighted by atomic mass is 16.5. The standard InChI is InChI=1S/C14H21NO2/c1-4-5-6-9-17-14(16)12-7-8-13(15)11(3)10(12)2/h7-8H,4-6,9,15H2,1-3H3. The Bertz CT molecular complexity index is 399. The summed E-state index contributed by atoms with van der Waals surface area (Å²) in [4.78, 5) is 11.8. The molecular weight excluding hydrogens is 214 g/mol. The van der Waals surface area contributed by atoms with E-state index in [0.29, 0.717) is 17.9 Å². The summed E-state index contributed by atoms with van der Waals surface area (Å²) in [5.41, 5.74) is 8.97. The number of hydrogen-bond acceptors (Lipinski definition) is 3. The molecule has 3 heteroatoms. The van der Waals surface area contributed by atoms with Gasteiger partial charge in [-0.2, -0.15) is 0 Å². The minimum Gasteiger partial charge on any atom is -0.462 e. The highest BCUT2D eigenvalue weighted by molar-refractivity contribution is 5.92. The normalized spacial score (nSPS) is 10.3. The van der Waals surface area contributed by atoms with E-state index in [1.165, 1.54) is 0 Å². The first-order valence-electron chi connectivity index (χ1n) is 6.10. The molecule has 94 valence electrons. The predicted octanol–water partition coefficient (Wildman–Crippen LogP) is 3.23. The molecule has 17 heavy (non-hydrogen) atoms. The lowest BCUT2D eigenvalue weighted by Gasteiger charge is -2.10. The Balaban J connectivity index is 2.66. The number of nitrogen functional groups attached to an aromatic ring is 1. The van der Waals surface area contributed by atoms with Crippen LogP contribution in [0.25, 0.3) is 0 Å². The van der Waals surface area contributed by atoms with E-state index in [1.807, 2.05) is 13.8 Å². The van der Waals surface area contributed by atoms with Gasteiger partial charge in [-0.3, -0.25) is 0 Å². The topological polar surface area (TPSA) is 52.3 Å². The number of nitrogens with two attached hydrogens (primary N) is 1. The molecule has 0 saturated carbocycles. The third-order valence-corrected chi connectivity index (χ3v) is 3.03. The number of unbranched alkanes of at least 4 members (excludes halogenated alkanes) is 2. The summed E-state index contributed by atoms with van der Waals surface area (Å²) in [7, 11) is 0. The second-order valence-electron chi connectivity index (χ2n) is 4.30. The number of rotatable bonds is 5. The van der Waals surface area contributed by atoms with E-state index < -0.39 is 0 Å². The quantitative estimate of drug-likeness (QED) is 0.484. The monoisotopic (exact) mass is 235 g/mol. The van der Waals surface area contributed by atoms with Gasteiger partial charge in [-0.05, 0) is 43.5 Å². The van der Waals surface area contributed by atoms with E-state index in [-0.39, 0.29) is 5.97 Å². The molecule has 1 aromatic rings. The molecule has 0 fully saturated rings. The van der Waals surface area contributed by atoms with Crippen LogP contribution in [-0.4, -0.2) is 12.6 Å². The SMILES string of the molecule is CCCCCOC(=O)c1ccc(N)c(C)c1C. The zero-order valence-corrected chi connectivity index (χ0v) is 10.9. The molecule has 0 aromatic heterocycles. The first-order valence-corrected chi connectivity index (χ1v) is 6.10. The molecule has 0 saturated heterocycles. The van der Waals surface area contributed by atoms with E-state index in [4.69, 9.17) is 10.5 Å². The first-order chi connectivity index (χ1) is 8.07. The molecule has 1 aromatic carbocycles. The van der Waals surface area contributed by atoms with Gasteiger partial charge >= 0.3 is 5.97 Å². The lowest BCUT2D eigenvalue weighted by molar-refractivity contribution is 0.0497. The zero-order chi connectivity index (χ0) is 12.8. The van der Waals surface area contributed by atoms with Crippen molar-refractivity contribution in [3.05, 3.63) is 28.8 Å². The van der Waals surface area contributed by atoms with Crippen LogP contribution < -0.4 is 5.73 Å². The zero-order valence-electron chi connectivity index (χ0n) is 10.9. The van der Waals surface area contributed by atoms with Crippen LogP contribution in [0.2, 0.25) is 0 Å². The summed E-state index contributed by atoms with van der Waals surface area (Å²) < 4.78 is 5.23. The van der Waals surface area contributed by atoms with Crippen LogP contribution in [0.5, 0.6) is 0 Å². The van der Waals surface area contributed by atoms with Crippen LogP contribution in [0.15, 0.2) is 12.1 Å². The molecule has 0 unspecified atom stereocenters. The van der Waals surface area contributed by atoms with Gasteiger partial charge in [0.1, 0.15) is 0 Å². The van der Waals surface area contributed by atoms with Gasteiger partial charge in [0.25, 0.3) is 0 Å². The van der Waals surface area contributed by atoms with Crippen molar-refractivity contribution in [3.63, 3.8) is 0 Å². The Kier molecular flexibility index (Phi) is 5.01. The van der Waals surface area contributed by atoms with Gasteiger partial charge in [0.05, 0.1) is 12.2 Å². The van der Waals surface area contributed by atoms with Gasteiger partial charge in [0.2, 0.25) is 0 Å². The summed E-state index contributed by atoms with van der Waals surface area (Å²) in [6.45, 7) is 6.43. The van der Waals surface area contributed by atoms with Crippen LogP contribution in [0.3, 0.4) is 0 Å². The van der Waals surface area contributed by atoms with E-state index in [2.05, 4.69) is 6.92 Å². The molecule has 0 aliphatic heterocycles. The maximum absolute atomic E-state index is 11.8. The number of benzene rings is 1. The van der Waals surface area contributed by atoms with Crippen LogP contribution >= 0.6 is 0 Å². The second kappa shape index (κ2) is 6.28. The van der Waals surface area contributed by atoms with Crippen molar-refractivity contribution in [2.45, 2.75) is 40.0 Å². The van der Waals surface area contributed by atoms with Gasteiger partial charge in [-0.1, -0.05) is 19.8 Å². The van der Waals surface area contributed by atoms with E-state index in [9.17, 15) is 4.79 Å². The molecule has 0 spiro atoms. The summed E-state index contributed by atoms with van der Waals surface area (Å²) in [6, 6.07) is 3.49. The number of anilines is 1. The third-order valence-electron chi connectivity index (χ3n) is 3.03. The molecule has 0 radical (unpaired) electrons. The Morgan fingerprint density at radius 3 is 2.59 bits per heavy atom. The molecular formula is C14H21NO2. The second-order valence-corrected chi connectivity index (χ2v) is 4.30. The highest BCUT2D eigenvalue weighted by Crippen LogP contribution is 2.20. The van der Waals surface area contributed by atoms with Crippen molar-refractivity contribution in [3.8, 4) is 0 Å². The molecule has 1 rings (SSSR count). The smallest absolute Gasteiger partial charge is 0.338 e. The van der Waals surface area contributed by atoms with Gasteiger partial charge in [-0.15, -0.1) is 0 Å². The number of carbonyl (C=O) groups excluding carboxylic acids is 1. The fourth-order valence-corrected chi connectivity index (χ4v) is 1.66. The van der Waals surface area contributed by atoms with Crippen molar-refractivity contribution in [2.24, 2.45) is 0 Å². The summed E-state index contributed by atoms with van der Waals surface area (Å²) in [6.07, 6.45) is 3.14. The summed E-state index contributed by atoms with van der Waals surface area (Å²) in [5, 5.41) is 0. The Morgan fingerprint density at radius 1 is 1.24 bits per heavy atom. The van der Waals surface area contributed by atoms with E-state index in [0.717, 1.165) is 30.4 Å². The largest absolute Gasteiger partial charge is 0.462 e. The highest BCUT2D eigenvalue weighted by Gasteiger charge is 2.12. The van der Waals surface area contributed by atoms with Gasteiger partial charge in [-0.25, -0.2) is 4.79 Å². The number of ether oxygens (including phenoxy) is 1. The molecule has 0 bridgehead atoms. The lowest BCUT2D eigenvalue weighted by atomic mass is 10.0. The lowest BCUT2D eigenvalue weighted by Crippen LogP contribution is -2.09. The number of carbonyl (C=O) groups is 1. The molecule has 0 heterocycles. The summed E-state index contributed by atoms with van der Waals surface area (Å²) in [5.74, 6) is -0.248. The van der Waals surface area contributed by atoms with Crippen molar-refractivity contribution in [2.75, 3.05) is 12.3 Å². The Morgan fingerprint density at radius 2 is 1.94 bits per heavy atom. The Hall–Kier alpha value is -1.51. The number of hydrogen-bond donors (Lipinski definition) is 1. The fourth-order valence-electron chi connectivity index (χ4n) is 1.66. The average Bonchev–Trinajstić information content (AvgIpc) is 2.31. The molecule has 0 aliphatic carbocycles. The Labute approximate surface area is 103 Å². The third kappa shape index (κ3) is 3.48. The van der Waals surface area contributed by atoms with Gasteiger partial charge in [0.15, 0.2) is 0 Å². The van der Waals surface area contributed by atoms with Crippen LogP contribution in [0.4, 0.5) is 5.69 Å². The average molecular weight is 235 g/mol. The maximum Gasteiger partial charge on any atom is 0.338 e. The van der Waals surface area contributed by atoms with Crippen LogP contribution in [0.1, 0.15) is 47.7 Å². The first kappa shape index (κ1) is 13.6. The molecule has 0 amide bonds. The van der Waals surface area contributed by atoms with Crippen LogP contribution in [-0.2, 0) is 4.74 Å². The van der Waals surface area contributed by atoms with Crippen molar-refractivity contribution in [1.29, 1.82) is 0 Å². The molecule has 3 nitrogen and oxygen atoms in total. The van der Waals surface area contributed by atoms with E-state index >= 15 is 0 Å². The number of esters is 1. The molecule has 2 N–H and O–H groups in total. The van der Waals surface area contributed by atoms with E-state index in [1.54, 1.807) is 12.1 Å². The van der Waals surface area contributed by atoms with Crippen molar-refractivity contribution in [1.82, 2.24) is 0 Å². The maximum atomic E-state index is 11.8. The summed E-state index contributed by atoms with van der Waals surface area (Å²) >= 11 is 0.